The van der Waals surface area contributed by atoms with Crippen LogP contribution in [-0.4, -0.2) is 75.9 Å². The number of amides is 4. The Labute approximate surface area is 231 Å². The van der Waals surface area contributed by atoms with Crippen LogP contribution < -0.4 is 26.6 Å². The topological polar surface area (TPSA) is 208 Å². The van der Waals surface area contributed by atoms with Crippen molar-refractivity contribution in [2.75, 3.05) is 28.3 Å². The van der Waals surface area contributed by atoms with Crippen molar-refractivity contribution >= 4 is 64.4 Å². The normalized spacial score (nSPS) is 13.6. The number of carboxylic acid groups (broad SMARTS) is 2. The van der Waals surface area contributed by atoms with Crippen LogP contribution in [0, 0.1) is 5.82 Å². The van der Waals surface area contributed by atoms with E-state index in [4.69, 9.17) is 15.9 Å². The molecule has 3 rings (SSSR count). The maximum Gasteiger partial charge on any atom is 0.322 e. The number of nitrogens with two attached hydrogens (primary N) is 1. The van der Waals surface area contributed by atoms with Gasteiger partial charge in [-0.25, -0.2) is 4.39 Å². The standard InChI is InChI=1S/C25H26FN5O8S/c26-13-5-7-18-14(9-13)23(36)30-16-3-1-2-4-19(16)31(18)21(33)12-40-11-17(24(37)28-10-22(34)35)29-20(32)8-6-15(27)25(38)39/h1-5,7,9,15,17H,6,8,10-12,27H2,(H,28,37)(H,29,32)(H,30,36)(H,34,35)(H,38,39). The van der Waals surface area contributed by atoms with Gasteiger partial charge in [0, 0.05) is 12.2 Å². The second kappa shape index (κ2) is 13.5. The molecule has 0 saturated heterocycles. The first-order valence-electron chi connectivity index (χ1n) is 11.9. The first-order valence-corrected chi connectivity index (χ1v) is 13.0. The van der Waals surface area contributed by atoms with Crippen LogP contribution in [0.1, 0.15) is 23.2 Å². The first-order chi connectivity index (χ1) is 19.0. The predicted octanol–water partition coefficient (Wildman–Crippen LogP) is 0.667. The van der Waals surface area contributed by atoms with Gasteiger partial charge >= 0.3 is 11.9 Å². The summed E-state index contributed by atoms with van der Waals surface area (Å²) in [6.45, 7) is -0.711. The van der Waals surface area contributed by atoms with E-state index in [1.807, 2.05) is 0 Å². The molecule has 212 valence electrons. The van der Waals surface area contributed by atoms with Crippen LogP contribution >= 0.6 is 11.8 Å². The molecule has 2 aromatic carbocycles. The van der Waals surface area contributed by atoms with Crippen molar-refractivity contribution < 1.29 is 43.4 Å². The van der Waals surface area contributed by atoms with Crippen molar-refractivity contribution in [3.63, 3.8) is 0 Å². The monoisotopic (exact) mass is 575 g/mol. The zero-order chi connectivity index (χ0) is 29.4. The third kappa shape index (κ3) is 7.77. The SMILES string of the molecule is NC(CCC(=O)NC(CSCC(=O)N1c2ccccc2NC(=O)c2cc(F)ccc21)C(=O)NCC(=O)O)C(=O)O. The number of fused-ring (bicyclic) bond motifs is 2. The van der Waals surface area contributed by atoms with Gasteiger partial charge in [-0.05, 0) is 36.8 Å². The van der Waals surface area contributed by atoms with E-state index in [0.29, 0.717) is 11.4 Å². The molecule has 4 amide bonds. The largest absolute Gasteiger partial charge is 0.480 e. The molecular formula is C25H26FN5O8S. The van der Waals surface area contributed by atoms with Crippen LogP contribution in [-0.2, 0) is 24.0 Å². The molecule has 7 N–H and O–H groups in total. The summed E-state index contributed by atoms with van der Waals surface area (Å²) in [5.74, 6) is -6.33. The predicted molar refractivity (Wildman–Crippen MR) is 143 cm³/mol. The zero-order valence-electron chi connectivity index (χ0n) is 20.9. The van der Waals surface area contributed by atoms with Gasteiger partial charge in [-0.3, -0.25) is 33.7 Å². The highest BCUT2D eigenvalue weighted by atomic mass is 32.2. The third-order valence-corrected chi connectivity index (χ3v) is 6.68. The van der Waals surface area contributed by atoms with E-state index in [9.17, 15) is 33.2 Å². The number of anilines is 3. The molecule has 2 atom stereocenters. The molecular weight excluding hydrogens is 549 g/mol. The lowest BCUT2D eigenvalue weighted by atomic mass is 10.1. The number of nitrogens with zero attached hydrogens (tertiary/aromatic N) is 1. The molecule has 15 heteroatoms. The summed E-state index contributed by atoms with van der Waals surface area (Å²) in [7, 11) is 0. The molecule has 0 fully saturated rings. The van der Waals surface area contributed by atoms with E-state index in [0.717, 1.165) is 23.9 Å². The minimum atomic E-state index is -1.31. The Hall–Kier alpha value is -4.50. The number of carbonyl (C=O) groups is 6. The molecule has 2 aromatic rings. The molecule has 0 bridgehead atoms. The van der Waals surface area contributed by atoms with Crippen molar-refractivity contribution in [2.24, 2.45) is 5.73 Å². The number of halogens is 1. The second-order valence-electron chi connectivity index (χ2n) is 8.59. The fourth-order valence-corrected chi connectivity index (χ4v) is 4.61. The molecule has 1 aliphatic rings. The maximum atomic E-state index is 13.9. The number of benzene rings is 2. The Morgan fingerprint density at radius 1 is 1.07 bits per heavy atom. The molecule has 0 saturated carbocycles. The summed E-state index contributed by atoms with van der Waals surface area (Å²) in [5, 5.41) is 24.9. The molecule has 0 aliphatic carbocycles. The van der Waals surface area contributed by atoms with Crippen LogP contribution in [0.5, 0.6) is 0 Å². The first kappa shape index (κ1) is 30.0. The lowest BCUT2D eigenvalue weighted by Gasteiger charge is -2.24. The van der Waals surface area contributed by atoms with Gasteiger partial charge in [0.1, 0.15) is 24.4 Å². The van der Waals surface area contributed by atoms with Crippen LogP contribution in [0.4, 0.5) is 21.5 Å². The van der Waals surface area contributed by atoms with Gasteiger partial charge in [-0.2, -0.15) is 0 Å². The Morgan fingerprint density at radius 3 is 2.50 bits per heavy atom. The highest BCUT2D eigenvalue weighted by Crippen LogP contribution is 2.38. The van der Waals surface area contributed by atoms with Gasteiger partial charge in [0.25, 0.3) is 5.91 Å². The van der Waals surface area contributed by atoms with Crippen molar-refractivity contribution in [3.05, 3.63) is 53.8 Å². The van der Waals surface area contributed by atoms with Crippen molar-refractivity contribution in [1.82, 2.24) is 10.6 Å². The van der Waals surface area contributed by atoms with Gasteiger partial charge < -0.3 is 31.9 Å². The number of rotatable bonds is 12. The fourth-order valence-electron chi connectivity index (χ4n) is 3.72. The van der Waals surface area contributed by atoms with Gasteiger partial charge in [-0.1, -0.05) is 12.1 Å². The molecule has 2 unspecified atom stereocenters. The number of para-hydroxylation sites is 2. The van der Waals surface area contributed by atoms with Crippen LogP contribution in [0.3, 0.4) is 0 Å². The Bertz CT molecular complexity index is 1340. The van der Waals surface area contributed by atoms with Crippen LogP contribution in [0.15, 0.2) is 42.5 Å². The minimum Gasteiger partial charge on any atom is -0.480 e. The average Bonchev–Trinajstić information content (AvgIpc) is 3.03. The molecule has 0 radical (unpaired) electrons. The molecule has 1 heterocycles. The minimum absolute atomic E-state index is 0.0627. The number of nitrogens with one attached hydrogen (secondary N) is 3. The molecule has 40 heavy (non-hydrogen) atoms. The van der Waals surface area contributed by atoms with Gasteiger partial charge in [-0.15, -0.1) is 11.8 Å². The summed E-state index contributed by atoms with van der Waals surface area (Å²) < 4.78 is 13.9. The molecule has 0 spiro atoms. The average molecular weight is 576 g/mol. The number of hydrogen-bond donors (Lipinski definition) is 6. The number of thioether (sulfide) groups is 1. The van der Waals surface area contributed by atoms with E-state index in [2.05, 4.69) is 16.0 Å². The van der Waals surface area contributed by atoms with Crippen molar-refractivity contribution in [2.45, 2.75) is 24.9 Å². The van der Waals surface area contributed by atoms with E-state index in [1.165, 1.54) is 11.0 Å². The number of aliphatic carboxylic acids is 2. The van der Waals surface area contributed by atoms with E-state index in [-0.39, 0.29) is 35.6 Å². The van der Waals surface area contributed by atoms with E-state index < -0.39 is 60.0 Å². The summed E-state index contributed by atoms with van der Waals surface area (Å²) in [5.41, 5.74) is 6.14. The molecule has 0 aromatic heterocycles. The summed E-state index contributed by atoms with van der Waals surface area (Å²) in [4.78, 5) is 74.0. The fraction of sp³-hybridized carbons (Fsp3) is 0.280. The summed E-state index contributed by atoms with van der Waals surface area (Å²) in [6.07, 6.45) is -0.504. The number of hydrogen-bond acceptors (Lipinski definition) is 8. The quantitative estimate of drug-likeness (QED) is 0.208. The summed E-state index contributed by atoms with van der Waals surface area (Å²) >= 11 is 0.945. The molecule has 1 aliphatic heterocycles. The van der Waals surface area contributed by atoms with E-state index in [1.54, 1.807) is 24.3 Å². The summed E-state index contributed by atoms with van der Waals surface area (Å²) in [6, 6.07) is 7.37. The molecule has 13 nitrogen and oxygen atoms in total. The Morgan fingerprint density at radius 2 is 1.80 bits per heavy atom. The number of carbonyl (C=O) groups excluding carboxylic acids is 4. The van der Waals surface area contributed by atoms with Crippen LogP contribution in [0.2, 0.25) is 0 Å². The lowest BCUT2D eigenvalue weighted by Crippen LogP contribution is -2.49. The number of carboxylic acids is 2. The van der Waals surface area contributed by atoms with Gasteiger partial charge in [0.15, 0.2) is 0 Å². The Kier molecular flexibility index (Phi) is 10.2. The van der Waals surface area contributed by atoms with Crippen LogP contribution in [0.25, 0.3) is 0 Å². The van der Waals surface area contributed by atoms with Gasteiger partial charge in [0.2, 0.25) is 17.7 Å². The highest BCUT2D eigenvalue weighted by Gasteiger charge is 2.30. The van der Waals surface area contributed by atoms with Gasteiger partial charge in [0.05, 0.1) is 28.4 Å². The Balaban J connectivity index is 1.75. The van der Waals surface area contributed by atoms with Crippen molar-refractivity contribution in [3.8, 4) is 0 Å². The second-order valence-corrected chi connectivity index (χ2v) is 9.62. The maximum absolute atomic E-state index is 13.9. The lowest BCUT2D eigenvalue weighted by molar-refractivity contribution is -0.139. The van der Waals surface area contributed by atoms with Crippen molar-refractivity contribution in [1.29, 1.82) is 0 Å². The zero-order valence-corrected chi connectivity index (χ0v) is 21.7. The third-order valence-electron chi connectivity index (χ3n) is 5.66. The van der Waals surface area contributed by atoms with E-state index >= 15 is 0 Å². The highest BCUT2D eigenvalue weighted by molar-refractivity contribution is 8.00. The smallest absolute Gasteiger partial charge is 0.322 e.